The van der Waals surface area contributed by atoms with Gasteiger partial charge in [0.05, 0.1) is 10.9 Å². The lowest BCUT2D eigenvalue weighted by atomic mass is 10.1. The summed E-state index contributed by atoms with van der Waals surface area (Å²) >= 11 is 3.34. The Morgan fingerprint density at radius 2 is 2.27 bits per heavy atom. The molecule has 1 unspecified atom stereocenters. The first kappa shape index (κ1) is 12.4. The molecule has 0 saturated carbocycles. The summed E-state index contributed by atoms with van der Waals surface area (Å²) in [6, 6.07) is 5.05. The van der Waals surface area contributed by atoms with Gasteiger partial charge in [0, 0.05) is 4.47 Å². The van der Waals surface area contributed by atoms with Crippen molar-refractivity contribution in [3.63, 3.8) is 0 Å². The van der Waals surface area contributed by atoms with Gasteiger partial charge in [0.2, 0.25) is 6.41 Å². The topological polar surface area (TPSA) is 72.2 Å². The molecule has 0 aliphatic carbocycles. The molecule has 82 valence electrons. The standard InChI is InChI=1S/C9H11BrN2O2S/c1-6(12-5-13)8-3-2-7(15(11)14)4-9(8)10/h2-6H,11H2,1H3,(H,12,13)/t6-,15?/m1/s1. The Bertz CT molecular complexity index is 398. The fourth-order valence-corrected chi connectivity index (χ4v) is 2.49. The lowest BCUT2D eigenvalue weighted by Crippen LogP contribution is -2.16. The third-order valence-electron chi connectivity index (χ3n) is 1.99. The fraction of sp³-hybridized carbons (Fsp3) is 0.222. The zero-order valence-corrected chi connectivity index (χ0v) is 10.5. The number of hydrogen-bond donors (Lipinski definition) is 2. The summed E-state index contributed by atoms with van der Waals surface area (Å²) in [6.45, 7) is 1.85. The number of carbonyl (C=O) groups excluding carboxylic acids is 1. The van der Waals surface area contributed by atoms with E-state index < -0.39 is 11.0 Å². The van der Waals surface area contributed by atoms with Gasteiger partial charge in [-0.05, 0) is 24.6 Å². The second-order valence-corrected chi connectivity index (χ2v) is 4.91. The number of rotatable bonds is 4. The van der Waals surface area contributed by atoms with E-state index in [9.17, 15) is 9.00 Å². The van der Waals surface area contributed by atoms with E-state index in [0.717, 1.165) is 10.0 Å². The van der Waals surface area contributed by atoms with E-state index >= 15 is 0 Å². The van der Waals surface area contributed by atoms with Crippen molar-refractivity contribution in [2.45, 2.75) is 17.9 Å². The van der Waals surface area contributed by atoms with Gasteiger partial charge < -0.3 is 5.32 Å². The first-order valence-corrected chi connectivity index (χ1v) is 6.22. The number of amides is 1. The van der Waals surface area contributed by atoms with Crippen LogP contribution in [0.2, 0.25) is 0 Å². The molecule has 3 N–H and O–H groups in total. The summed E-state index contributed by atoms with van der Waals surface area (Å²) in [5, 5.41) is 7.88. The first-order chi connectivity index (χ1) is 7.06. The minimum Gasteiger partial charge on any atom is -0.352 e. The Balaban J connectivity index is 3.02. The molecular formula is C9H11BrN2O2S. The number of halogens is 1. The van der Waals surface area contributed by atoms with Gasteiger partial charge in [-0.25, -0.2) is 9.35 Å². The van der Waals surface area contributed by atoms with Gasteiger partial charge in [0.1, 0.15) is 11.0 Å². The van der Waals surface area contributed by atoms with Crippen molar-refractivity contribution in [2.75, 3.05) is 0 Å². The summed E-state index contributed by atoms with van der Waals surface area (Å²) in [7, 11) is -1.48. The molecule has 15 heavy (non-hydrogen) atoms. The monoisotopic (exact) mass is 290 g/mol. The van der Waals surface area contributed by atoms with Crippen LogP contribution in [0.25, 0.3) is 0 Å². The molecule has 6 heteroatoms. The van der Waals surface area contributed by atoms with Crippen molar-refractivity contribution in [3.8, 4) is 0 Å². The Kier molecular flexibility index (Phi) is 4.44. The molecule has 4 nitrogen and oxygen atoms in total. The van der Waals surface area contributed by atoms with Gasteiger partial charge in [-0.3, -0.25) is 4.79 Å². The average Bonchev–Trinajstić information content (AvgIpc) is 2.17. The number of carbonyl (C=O) groups is 1. The van der Waals surface area contributed by atoms with Crippen LogP contribution >= 0.6 is 15.9 Å². The van der Waals surface area contributed by atoms with Crippen LogP contribution < -0.4 is 10.5 Å². The first-order valence-electron chi connectivity index (χ1n) is 4.21. The second-order valence-electron chi connectivity index (χ2n) is 2.99. The molecular weight excluding hydrogens is 280 g/mol. The molecule has 1 aromatic carbocycles. The highest BCUT2D eigenvalue weighted by Gasteiger charge is 2.09. The van der Waals surface area contributed by atoms with E-state index in [1.54, 1.807) is 18.2 Å². The van der Waals surface area contributed by atoms with Crippen LogP contribution in [0, 0.1) is 0 Å². The van der Waals surface area contributed by atoms with Crippen molar-refractivity contribution in [3.05, 3.63) is 28.2 Å². The van der Waals surface area contributed by atoms with Crippen molar-refractivity contribution in [1.82, 2.24) is 5.32 Å². The number of hydrogen-bond acceptors (Lipinski definition) is 2. The summed E-state index contributed by atoms with van der Waals surface area (Å²) in [6.07, 6.45) is 0.645. The molecule has 0 aliphatic rings. The molecule has 0 aromatic heterocycles. The Hall–Kier alpha value is -0.720. The smallest absolute Gasteiger partial charge is 0.207 e. The van der Waals surface area contributed by atoms with E-state index in [1.807, 2.05) is 6.92 Å². The number of benzene rings is 1. The van der Waals surface area contributed by atoms with Crippen molar-refractivity contribution in [1.29, 1.82) is 0 Å². The van der Waals surface area contributed by atoms with E-state index in [0.29, 0.717) is 11.3 Å². The molecule has 2 atom stereocenters. The Morgan fingerprint density at radius 3 is 2.73 bits per heavy atom. The summed E-state index contributed by atoms with van der Waals surface area (Å²) in [5.74, 6) is 0. The minimum absolute atomic E-state index is 0.0999. The quantitative estimate of drug-likeness (QED) is 0.819. The lowest BCUT2D eigenvalue weighted by molar-refractivity contribution is -0.110. The van der Waals surface area contributed by atoms with Gasteiger partial charge in [-0.2, -0.15) is 0 Å². The maximum atomic E-state index is 11.0. The van der Waals surface area contributed by atoms with Gasteiger partial charge in [0.25, 0.3) is 0 Å². The van der Waals surface area contributed by atoms with Crippen LogP contribution in [-0.4, -0.2) is 10.6 Å². The van der Waals surface area contributed by atoms with Crippen LogP contribution in [0.15, 0.2) is 27.6 Å². The lowest BCUT2D eigenvalue weighted by Gasteiger charge is -2.13. The molecule has 1 rings (SSSR count). The maximum Gasteiger partial charge on any atom is 0.207 e. The van der Waals surface area contributed by atoms with Crippen LogP contribution in [0.3, 0.4) is 0 Å². The molecule has 0 fully saturated rings. The molecule has 1 aromatic rings. The predicted molar refractivity (Wildman–Crippen MR) is 62.4 cm³/mol. The van der Waals surface area contributed by atoms with Gasteiger partial charge >= 0.3 is 0 Å². The summed E-state index contributed by atoms with van der Waals surface area (Å²) < 4.78 is 11.8. The van der Waals surface area contributed by atoms with E-state index in [1.165, 1.54) is 0 Å². The molecule has 0 aliphatic heterocycles. The molecule has 0 radical (unpaired) electrons. The average molecular weight is 291 g/mol. The van der Waals surface area contributed by atoms with Crippen molar-refractivity contribution < 1.29 is 9.00 Å². The highest BCUT2D eigenvalue weighted by Crippen LogP contribution is 2.24. The van der Waals surface area contributed by atoms with E-state index in [4.69, 9.17) is 5.14 Å². The van der Waals surface area contributed by atoms with Crippen LogP contribution in [0.4, 0.5) is 0 Å². The largest absolute Gasteiger partial charge is 0.352 e. The van der Waals surface area contributed by atoms with Crippen LogP contribution in [-0.2, 0) is 15.8 Å². The normalized spacial score (nSPS) is 14.3. The third-order valence-corrected chi connectivity index (χ3v) is 3.39. The maximum absolute atomic E-state index is 11.0. The second kappa shape index (κ2) is 5.39. The summed E-state index contributed by atoms with van der Waals surface area (Å²) in [5.41, 5.74) is 0.913. The predicted octanol–water partition coefficient (Wildman–Crippen LogP) is 1.24. The molecule has 0 spiro atoms. The van der Waals surface area contributed by atoms with Gasteiger partial charge in [0.15, 0.2) is 0 Å². The van der Waals surface area contributed by atoms with Crippen LogP contribution in [0.5, 0.6) is 0 Å². The number of nitrogens with one attached hydrogen (secondary N) is 1. The zero-order valence-electron chi connectivity index (χ0n) is 8.07. The highest BCUT2D eigenvalue weighted by atomic mass is 79.9. The molecule has 1 amide bonds. The summed E-state index contributed by atoms with van der Waals surface area (Å²) in [4.78, 5) is 10.8. The molecule has 0 heterocycles. The van der Waals surface area contributed by atoms with Gasteiger partial charge in [-0.15, -0.1) is 0 Å². The Morgan fingerprint density at radius 1 is 1.60 bits per heavy atom. The molecule has 0 bridgehead atoms. The van der Waals surface area contributed by atoms with E-state index in [2.05, 4.69) is 21.2 Å². The third kappa shape index (κ3) is 3.12. The van der Waals surface area contributed by atoms with Gasteiger partial charge in [-0.1, -0.05) is 22.0 Å². The minimum atomic E-state index is -1.48. The number of nitrogens with two attached hydrogens (primary N) is 1. The van der Waals surface area contributed by atoms with E-state index in [-0.39, 0.29) is 6.04 Å². The van der Waals surface area contributed by atoms with Crippen LogP contribution in [0.1, 0.15) is 18.5 Å². The Labute approximate surface area is 99.0 Å². The molecule has 0 saturated heterocycles. The van der Waals surface area contributed by atoms with Crippen molar-refractivity contribution >= 4 is 33.3 Å². The fourth-order valence-electron chi connectivity index (χ4n) is 1.18. The SMILES string of the molecule is C[C@@H](NC=O)c1ccc(S(N)=O)cc1Br. The van der Waals surface area contributed by atoms with Crippen molar-refractivity contribution in [2.24, 2.45) is 5.14 Å². The zero-order chi connectivity index (χ0) is 11.4. The highest BCUT2D eigenvalue weighted by molar-refractivity contribution is 9.10.